The molecule has 5 heteroatoms. The van der Waals surface area contributed by atoms with Gasteiger partial charge >= 0.3 is 0 Å². The van der Waals surface area contributed by atoms with E-state index in [4.69, 9.17) is 5.73 Å². The van der Waals surface area contributed by atoms with Crippen molar-refractivity contribution in [3.63, 3.8) is 0 Å². The maximum absolute atomic E-state index is 12.5. The van der Waals surface area contributed by atoms with Gasteiger partial charge in [0, 0.05) is 11.9 Å². The number of nitrogens with zero attached hydrogens (tertiary/aromatic N) is 2. The van der Waals surface area contributed by atoms with Gasteiger partial charge in [-0.1, -0.05) is 12.1 Å². The van der Waals surface area contributed by atoms with Gasteiger partial charge in [0.25, 0.3) is 0 Å². The second kappa shape index (κ2) is 5.16. The Kier molecular flexibility index (Phi) is 3.33. The summed E-state index contributed by atoms with van der Waals surface area (Å²) in [5.74, 6) is 0.0506. The fourth-order valence-corrected chi connectivity index (χ4v) is 2.42. The quantitative estimate of drug-likeness (QED) is 0.837. The van der Waals surface area contributed by atoms with E-state index in [0.29, 0.717) is 12.2 Å². The number of nitrogens with two attached hydrogens (primary N) is 1. The summed E-state index contributed by atoms with van der Waals surface area (Å²) < 4.78 is 0. The first-order valence-corrected chi connectivity index (χ1v) is 7.02. The van der Waals surface area contributed by atoms with E-state index >= 15 is 0 Å². The Labute approximate surface area is 123 Å². The van der Waals surface area contributed by atoms with Crippen LogP contribution in [0, 0.1) is 6.92 Å². The molecule has 1 saturated carbocycles. The van der Waals surface area contributed by atoms with E-state index in [-0.39, 0.29) is 11.3 Å². The van der Waals surface area contributed by atoms with Crippen LogP contribution in [0.1, 0.15) is 29.8 Å². The van der Waals surface area contributed by atoms with Gasteiger partial charge in [0.1, 0.15) is 0 Å². The normalized spacial score (nSPS) is 15.5. The molecule has 0 atom stereocenters. The highest BCUT2D eigenvalue weighted by Gasteiger charge is 2.51. The predicted molar refractivity (Wildman–Crippen MR) is 80.4 cm³/mol. The third kappa shape index (κ3) is 2.72. The molecule has 1 aromatic carbocycles. The minimum atomic E-state index is -0.383. The summed E-state index contributed by atoms with van der Waals surface area (Å²) in [7, 11) is 0. The molecule has 0 unspecified atom stereocenters. The molecular weight excluding hydrogens is 264 g/mol. The molecule has 0 spiro atoms. The van der Waals surface area contributed by atoms with Crippen LogP contribution in [0.5, 0.6) is 0 Å². The zero-order valence-corrected chi connectivity index (χ0v) is 12.0. The summed E-state index contributed by atoms with van der Waals surface area (Å²) >= 11 is 0. The average Bonchev–Trinajstić information content (AvgIpc) is 3.29. The third-order valence-corrected chi connectivity index (χ3v) is 3.91. The van der Waals surface area contributed by atoms with Crippen LogP contribution in [0.3, 0.4) is 0 Å². The molecule has 3 N–H and O–H groups in total. The maximum Gasteiger partial charge on any atom is 0.230 e. The van der Waals surface area contributed by atoms with Crippen molar-refractivity contribution >= 4 is 11.6 Å². The van der Waals surface area contributed by atoms with Crippen LogP contribution >= 0.6 is 0 Å². The summed E-state index contributed by atoms with van der Waals surface area (Å²) in [4.78, 5) is 20.9. The maximum atomic E-state index is 12.5. The van der Waals surface area contributed by atoms with Crippen LogP contribution in [-0.4, -0.2) is 15.9 Å². The van der Waals surface area contributed by atoms with E-state index in [9.17, 15) is 4.79 Å². The molecular formula is C16H18N4O. The van der Waals surface area contributed by atoms with Gasteiger partial charge in [-0.15, -0.1) is 0 Å². The summed E-state index contributed by atoms with van der Waals surface area (Å²) in [6.07, 6.45) is 5.15. The van der Waals surface area contributed by atoms with Crippen molar-refractivity contribution in [1.29, 1.82) is 0 Å². The lowest BCUT2D eigenvalue weighted by atomic mass is 9.95. The number of carbonyl (C=O) groups is 1. The summed E-state index contributed by atoms with van der Waals surface area (Å²) in [6.45, 7) is 2.29. The monoisotopic (exact) mass is 282 g/mol. The Morgan fingerprint density at radius 2 is 1.95 bits per heavy atom. The van der Waals surface area contributed by atoms with Gasteiger partial charge < -0.3 is 11.1 Å². The molecule has 5 nitrogen and oxygen atoms in total. The summed E-state index contributed by atoms with van der Waals surface area (Å²) in [5.41, 5.74) is 8.69. The van der Waals surface area contributed by atoms with Crippen LogP contribution < -0.4 is 11.1 Å². The van der Waals surface area contributed by atoms with Crippen LogP contribution in [-0.2, 0) is 16.8 Å². The Balaban J connectivity index is 1.67. The van der Waals surface area contributed by atoms with Crippen molar-refractivity contribution in [1.82, 2.24) is 15.3 Å². The molecule has 2 aromatic rings. The van der Waals surface area contributed by atoms with Crippen LogP contribution in [0.2, 0.25) is 0 Å². The molecule has 0 aliphatic heterocycles. The number of aromatic nitrogens is 2. The van der Waals surface area contributed by atoms with E-state index in [1.54, 1.807) is 12.4 Å². The zero-order chi connectivity index (χ0) is 14.9. The minimum absolute atomic E-state index is 0.0506. The smallest absolute Gasteiger partial charge is 0.230 e. The highest BCUT2D eigenvalue weighted by atomic mass is 16.2. The SMILES string of the molecule is Cc1cnc(CNC(=O)C2(c3ccc(N)cc3)CC2)cn1. The number of hydrogen-bond acceptors (Lipinski definition) is 4. The van der Waals surface area contributed by atoms with Gasteiger partial charge in [-0.25, -0.2) is 0 Å². The van der Waals surface area contributed by atoms with Gasteiger partial charge in [-0.3, -0.25) is 14.8 Å². The third-order valence-electron chi connectivity index (χ3n) is 3.91. The van der Waals surface area contributed by atoms with Crippen molar-refractivity contribution in [2.75, 3.05) is 5.73 Å². The summed E-state index contributed by atoms with van der Waals surface area (Å²) in [6, 6.07) is 7.56. The Morgan fingerprint density at radius 1 is 1.24 bits per heavy atom. The molecule has 0 saturated heterocycles. The van der Waals surface area contributed by atoms with Gasteiger partial charge in [-0.05, 0) is 37.5 Å². The topological polar surface area (TPSA) is 80.9 Å². The number of hydrogen-bond donors (Lipinski definition) is 2. The Hall–Kier alpha value is -2.43. The minimum Gasteiger partial charge on any atom is -0.399 e. The number of amides is 1. The molecule has 1 amide bonds. The van der Waals surface area contributed by atoms with E-state index in [1.165, 1.54) is 0 Å². The fourth-order valence-electron chi connectivity index (χ4n) is 2.42. The van der Waals surface area contributed by atoms with Crippen molar-refractivity contribution < 1.29 is 4.79 Å². The average molecular weight is 282 g/mol. The number of nitrogens with one attached hydrogen (secondary N) is 1. The van der Waals surface area contributed by atoms with Crippen molar-refractivity contribution in [2.24, 2.45) is 0 Å². The zero-order valence-electron chi connectivity index (χ0n) is 12.0. The second-order valence-corrected chi connectivity index (χ2v) is 5.54. The number of nitrogen functional groups attached to an aromatic ring is 1. The number of carbonyl (C=O) groups excluding carboxylic acids is 1. The van der Waals surface area contributed by atoms with Crippen molar-refractivity contribution in [2.45, 2.75) is 31.7 Å². The molecule has 1 aliphatic carbocycles. The molecule has 1 fully saturated rings. The Morgan fingerprint density at radius 3 is 2.52 bits per heavy atom. The first-order valence-electron chi connectivity index (χ1n) is 7.02. The molecule has 108 valence electrons. The van der Waals surface area contributed by atoms with Crippen LogP contribution in [0.15, 0.2) is 36.7 Å². The van der Waals surface area contributed by atoms with Gasteiger partial charge in [0.15, 0.2) is 0 Å². The van der Waals surface area contributed by atoms with Crippen LogP contribution in [0.4, 0.5) is 5.69 Å². The number of anilines is 1. The first kappa shape index (κ1) is 13.5. The second-order valence-electron chi connectivity index (χ2n) is 5.54. The van der Waals surface area contributed by atoms with Crippen molar-refractivity contribution in [3.8, 4) is 0 Å². The van der Waals surface area contributed by atoms with Crippen LogP contribution in [0.25, 0.3) is 0 Å². The first-order chi connectivity index (χ1) is 10.1. The van der Waals surface area contributed by atoms with Gasteiger partial charge in [-0.2, -0.15) is 0 Å². The van der Waals surface area contributed by atoms with Gasteiger partial charge in [0.05, 0.1) is 29.5 Å². The standard InChI is InChI=1S/C16H18N4O/c1-11-8-19-14(9-18-11)10-20-15(21)16(6-7-16)12-2-4-13(17)5-3-12/h2-5,8-9H,6-7,10,17H2,1H3,(H,20,21). The lowest BCUT2D eigenvalue weighted by Crippen LogP contribution is -2.34. The molecule has 1 heterocycles. The highest BCUT2D eigenvalue weighted by molar-refractivity contribution is 5.91. The summed E-state index contributed by atoms with van der Waals surface area (Å²) in [5, 5.41) is 2.96. The number of benzene rings is 1. The molecule has 1 aliphatic rings. The van der Waals surface area contributed by atoms with E-state index in [0.717, 1.165) is 29.8 Å². The Bertz CT molecular complexity index is 645. The predicted octanol–water partition coefficient (Wildman–Crippen LogP) is 1.72. The molecule has 0 radical (unpaired) electrons. The molecule has 3 rings (SSSR count). The van der Waals surface area contributed by atoms with E-state index < -0.39 is 0 Å². The van der Waals surface area contributed by atoms with E-state index in [1.807, 2.05) is 31.2 Å². The molecule has 0 bridgehead atoms. The number of rotatable bonds is 4. The van der Waals surface area contributed by atoms with Crippen molar-refractivity contribution in [3.05, 3.63) is 53.6 Å². The lowest BCUT2D eigenvalue weighted by molar-refractivity contribution is -0.123. The fraction of sp³-hybridized carbons (Fsp3) is 0.312. The highest BCUT2D eigenvalue weighted by Crippen LogP contribution is 2.48. The number of aryl methyl sites for hydroxylation is 1. The van der Waals surface area contributed by atoms with Gasteiger partial charge in [0.2, 0.25) is 5.91 Å². The largest absolute Gasteiger partial charge is 0.399 e. The molecule has 1 aromatic heterocycles. The molecule has 21 heavy (non-hydrogen) atoms. The lowest BCUT2D eigenvalue weighted by Gasteiger charge is -2.15. The van der Waals surface area contributed by atoms with E-state index in [2.05, 4.69) is 15.3 Å².